The van der Waals surface area contributed by atoms with E-state index in [1.165, 1.54) is 0 Å². The second-order valence-electron chi connectivity index (χ2n) is 9.76. The number of ether oxygens (including phenoxy) is 2. The summed E-state index contributed by atoms with van der Waals surface area (Å²) in [5.74, 6) is -1.26. The van der Waals surface area contributed by atoms with Crippen molar-refractivity contribution < 1.29 is 27.4 Å². The van der Waals surface area contributed by atoms with Crippen LogP contribution in [-0.2, 0) is 20.4 Å². The highest BCUT2D eigenvalue weighted by Crippen LogP contribution is 2.33. The summed E-state index contributed by atoms with van der Waals surface area (Å²) in [5.41, 5.74) is 6.39. The molecule has 2 aromatic carbocycles. The maximum absolute atomic E-state index is 13.4. The summed E-state index contributed by atoms with van der Waals surface area (Å²) in [6.45, 7) is 2.47. The third-order valence-electron chi connectivity index (χ3n) is 6.51. The van der Waals surface area contributed by atoms with E-state index in [-0.39, 0.29) is 18.0 Å². The minimum atomic E-state index is -4.66. The molecule has 41 heavy (non-hydrogen) atoms. The number of carbonyl (C=O) groups excluding carboxylic acids is 1. The van der Waals surface area contributed by atoms with E-state index in [0.717, 1.165) is 11.6 Å². The fourth-order valence-electron chi connectivity index (χ4n) is 4.45. The number of aromatic nitrogens is 1. The zero-order valence-electron chi connectivity index (χ0n) is 21.8. The molecular formula is C28H26F3N7O3. The van der Waals surface area contributed by atoms with Crippen LogP contribution in [0, 0.1) is 5.41 Å². The number of nitrogens with two attached hydrogens (primary N) is 1. The fourth-order valence-corrected chi connectivity index (χ4v) is 4.45. The molecule has 0 saturated carbocycles. The van der Waals surface area contributed by atoms with E-state index in [1.54, 1.807) is 19.1 Å². The van der Waals surface area contributed by atoms with Crippen LogP contribution >= 0.6 is 0 Å². The minimum Gasteiger partial charge on any atom is -0.405 e. The Morgan fingerprint density at radius 3 is 2.66 bits per heavy atom. The lowest BCUT2D eigenvalue weighted by atomic mass is 10.0. The Bertz CT molecular complexity index is 1530. The molecule has 1 amide bonds. The highest BCUT2D eigenvalue weighted by Gasteiger charge is 2.35. The van der Waals surface area contributed by atoms with Crippen molar-refractivity contribution in [3.8, 4) is 0 Å². The van der Waals surface area contributed by atoms with Crippen molar-refractivity contribution in [1.82, 2.24) is 4.98 Å². The van der Waals surface area contributed by atoms with Crippen molar-refractivity contribution in [1.29, 1.82) is 5.41 Å². The third kappa shape index (κ3) is 6.19. The Balaban J connectivity index is 1.45. The number of amides is 1. The average Bonchev–Trinajstić information content (AvgIpc) is 3.31. The third-order valence-corrected chi connectivity index (χ3v) is 6.51. The molecule has 212 valence electrons. The summed E-state index contributed by atoms with van der Waals surface area (Å²) in [7, 11) is 0. The second kappa shape index (κ2) is 11.0. The Hall–Kier alpha value is -4.78. The van der Waals surface area contributed by atoms with E-state index in [2.05, 4.69) is 25.6 Å². The van der Waals surface area contributed by atoms with Crippen molar-refractivity contribution in [3.63, 3.8) is 0 Å². The van der Waals surface area contributed by atoms with Crippen LogP contribution in [0.25, 0.3) is 0 Å². The second-order valence-corrected chi connectivity index (χ2v) is 9.76. The maximum atomic E-state index is 13.4. The molecule has 5 rings (SSSR count). The van der Waals surface area contributed by atoms with Crippen molar-refractivity contribution in [2.45, 2.75) is 31.2 Å². The number of carbonyl (C=O) groups is 1. The predicted molar refractivity (Wildman–Crippen MR) is 147 cm³/mol. The van der Waals surface area contributed by atoms with E-state index < -0.39 is 41.3 Å². The maximum Gasteiger partial charge on any atom is 0.417 e. The van der Waals surface area contributed by atoms with Crippen molar-refractivity contribution >= 4 is 34.9 Å². The van der Waals surface area contributed by atoms with Crippen LogP contribution in [0.3, 0.4) is 0 Å². The number of aliphatic imine (C=N–C) groups is 2. The highest BCUT2D eigenvalue weighted by atomic mass is 19.4. The van der Waals surface area contributed by atoms with E-state index in [4.69, 9.17) is 20.6 Å². The van der Waals surface area contributed by atoms with Gasteiger partial charge in [0.2, 0.25) is 12.1 Å². The molecule has 3 aromatic rings. The van der Waals surface area contributed by atoms with Crippen LogP contribution in [0.2, 0.25) is 0 Å². The molecule has 1 aromatic heterocycles. The van der Waals surface area contributed by atoms with Crippen LogP contribution in [0.1, 0.15) is 35.7 Å². The standard InChI is InChI=1S/C28H26F3N7O3/c1-27(11-12-40-15-27)38-20-13-17(28(29,30)31)14-34-22(20)23(32)41-26(33)37-24-25(39)35-19-10-6-5-9-18(19)21(36-24)16-7-3-2-4-8-16/h2-10,13-14,24,32,38H,11-12,15H2,1H3,(H2,33,37)(H,35,39). The first-order valence-corrected chi connectivity index (χ1v) is 12.6. The SMILES string of the molecule is CC1(Nc2cc(C(F)(F)F)cnc2C(=N)OC(N)=NC2N=C(c3ccccc3)c3ccccc3NC2=O)CCOC1. The molecular weight excluding hydrogens is 539 g/mol. The Kier molecular flexibility index (Phi) is 7.45. The molecule has 0 bridgehead atoms. The zero-order chi connectivity index (χ0) is 29.2. The van der Waals surface area contributed by atoms with E-state index in [1.807, 2.05) is 42.5 Å². The van der Waals surface area contributed by atoms with Crippen molar-refractivity contribution in [2.75, 3.05) is 23.8 Å². The van der Waals surface area contributed by atoms with Crippen molar-refractivity contribution in [3.05, 3.63) is 89.2 Å². The molecule has 1 saturated heterocycles. The van der Waals surface area contributed by atoms with Gasteiger partial charge in [-0.25, -0.2) is 9.98 Å². The summed E-state index contributed by atoms with van der Waals surface area (Å²) in [5, 5.41) is 14.2. The molecule has 0 radical (unpaired) electrons. The molecule has 0 aliphatic carbocycles. The van der Waals surface area contributed by atoms with Gasteiger partial charge in [0.25, 0.3) is 11.9 Å². The number of rotatable bonds is 5. The molecule has 2 unspecified atom stereocenters. The van der Waals surface area contributed by atoms with Crippen LogP contribution < -0.4 is 16.4 Å². The topological polar surface area (TPSA) is 147 Å². The number of hydrogen-bond donors (Lipinski definition) is 4. The number of nitrogens with one attached hydrogen (secondary N) is 3. The first kappa shape index (κ1) is 27.8. The lowest BCUT2D eigenvalue weighted by molar-refractivity contribution is -0.137. The zero-order valence-corrected chi connectivity index (χ0v) is 21.8. The first-order valence-electron chi connectivity index (χ1n) is 12.6. The van der Waals surface area contributed by atoms with Crippen LogP contribution in [-0.4, -0.2) is 53.4 Å². The van der Waals surface area contributed by atoms with Crippen LogP contribution in [0.4, 0.5) is 24.5 Å². The van der Waals surface area contributed by atoms with Gasteiger partial charge in [-0.1, -0.05) is 48.5 Å². The van der Waals surface area contributed by atoms with E-state index in [0.29, 0.717) is 36.2 Å². The number of hydrogen-bond acceptors (Lipinski definition) is 8. The Morgan fingerprint density at radius 2 is 1.95 bits per heavy atom. The van der Waals surface area contributed by atoms with E-state index >= 15 is 0 Å². The van der Waals surface area contributed by atoms with Gasteiger partial charge in [0.1, 0.15) is 5.69 Å². The van der Waals surface area contributed by atoms with Gasteiger partial charge in [0.05, 0.1) is 34.8 Å². The Morgan fingerprint density at radius 1 is 1.22 bits per heavy atom. The Labute approximate surface area is 233 Å². The van der Waals surface area contributed by atoms with Gasteiger partial charge >= 0.3 is 6.18 Å². The van der Waals surface area contributed by atoms with Gasteiger partial charge in [-0.05, 0) is 25.5 Å². The van der Waals surface area contributed by atoms with Crippen LogP contribution in [0.5, 0.6) is 0 Å². The highest BCUT2D eigenvalue weighted by molar-refractivity contribution is 6.19. The molecule has 3 heterocycles. The summed E-state index contributed by atoms with van der Waals surface area (Å²) < 4.78 is 51.0. The molecule has 0 spiro atoms. The summed E-state index contributed by atoms with van der Waals surface area (Å²) in [6.07, 6.45) is -4.90. The number of anilines is 2. The molecule has 10 nitrogen and oxygen atoms in total. The lowest BCUT2D eigenvalue weighted by Gasteiger charge is -2.26. The molecule has 13 heteroatoms. The van der Waals surface area contributed by atoms with Crippen LogP contribution in [0.15, 0.2) is 76.8 Å². The van der Waals surface area contributed by atoms with Gasteiger partial charge < -0.3 is 25.8 Å². The number of nitrogens with zero attached hydrogens (tertiary/aromatic N) is 3. The van der Waals surface area contributed by atoms with Gasteiger partial charge in [0.15, 0.2) is 0 Å². The van der Waals surface area contributed by atoms with Gasteiger partial charge in [-0.15, -0.1) is 0 Å². The number of fused-ring (bicyclic) bond motifs is 1. The number of alkyl halides is 3. The fraction of sp³-hybridized carbons (Fsp3) is 0.250. The number of halogens is 3. The smallest absolute Gasteiger partial charge is 0.405 e. The first-order chi connectivity index (χ1) is 19.5. The molecule has 1 fully saturated rings. The lowest BCUT2D eigenvalue weighted by Crippen LogP contribution is -2.36. The summed E-state index contributed by atoms with van der Waals surface area (Å²) >= 11 is 0. The van der Waals surface area contributed by atoms with Gasteiger partial charge in [-0.2, -0.15) is 18.2 Å². The van der Waals surface area contributed by atoms with Gasteiger partial charge in [0, 0.05) is 23.9 Å². The van der Waals surface area contributed by atoms with E-state index in [9.17, 15) is 18.0 Å². The quantitative estimate of drug-likeness (QED) is 0.270. The number of para-hydroxylation sites is 1. The normalized spacial score (nSPS) is 20.9. The number of pyridine rings is 1. The largest absolute Gasteiger partial charge is 0.417 e. The van der Waals surface area contributed by atoms with Crippen molar-refractivity contribution in [2.24, 2.45) is 15.7 Å². The van der Waals surface area contributed by atoms with Gasteiger partial charge in [-0.3, -0.25) is 10.2 Å². The monoisotopic (exact) mass is 565 g/mol. The number of benzodiazepines with no additional fused rings is 1. The average molecular weight is 566 g/mol. The molecule has 5 N–H and O–H groups in total. The minimum absolute atomic E-state index is 0.0855. The summed E-state index contributed by atoms with van der Waals surface area (Å²) in [6, 6.07) is 16.6. The molecule has 2 aliphatic heterocycles. The molecule has 2 atom stereocenters. The molecule has 2 aliphatic rings. The summed E-state index contributed by atoms with van der Waals surface area (Å²) in [4.78, 5) is 25.5. The number of benzene rings is 2. The number of amidine groups is 1. The predicted octanol–water partition coefficient (Wildman–Crippen LogP) is 4.16.